The summed E-state index contributed by atoms with van der Waals surface area (Å²) in [6.07, 6.45) is 0. The monoisotopic (exact) mass is 306 g/mol. The van der Waals surface area contributed by atoms with Crippen LogP contribution in [0.25, 0.3) is 5.57 Å². The van der Waals surface area contributed by atoms with Crippen LogP contribution in [0.5, 0.6) is 23.0 Å². The van der Waals surface area contributed by atoms with Gasteiger partial charge in [0.2, 0.25) is 11.5 Å². The minimum Gasteiger partial charge on any atom is -0.504 e. The van der Waals surface area contributed by atoms with Gasteiger partial charge in [-0.05, 0) is 12.5 Å². The normalized spacial score (nSPS) is 10.6. The van der Waals surface area contributed by atoms with Crippen LogP contribution in [0, 0.1) is 11.5 Å². The number of phenols is 2. The van der Waals surface area contributed by atoms with E-state index >= 15 is 0 Å². The number of ether oxygens (including phenoxy) is 2. The molecule has 0 atom stereocenters. The fraction of sp³-hybridized carbons (Fsp3) is 0.375. The van der Waals surface area contributed by atoms with Gasteiger partial charge in [0.15, 0.2) is 11.5 Å². The summed E-state index contributed by atoms with van der Waals surface area (Å²) in [5.74, 6) is 2.85. The molecule has 1 rings (SSSR count). The molecule has 1 aromatic rings. The van der Waals surface area contributed by atoms with Crippen molar-refractivity contribution in [1.29, 1.82) is 0 Å². The zero-order valence-corrected chi connectivity index (χ0v) is 14.4. The number of benzene rings is 1. The van der Waals surface area contributed by atoms with Crippen LogP contribution >= 0.6 is 0 Å². The Morgan fingerprint density at radius 3 is 1.90 bits per heavy atom. The molecule has 0 saturated heterocycles. The van der Waals surface area contributed by atoms with E-state index in [1.807, 2.05) is 0 Å². The molecule has 0 amide bonds. The van der Waals surface area contributed by atoms with Crippen molar-refractivity contribution in [2.45, 2.75) is 26.6 Å². The summed E-state index contributed by atoms with van der Waals surface area (Å²) in [6, 6.07) is 0. The zero-order valence-electron chi connectivity index (χ0n) is 13.4. The fourth-order valence-electron chi connectivity index (χ4n) is 1.84. The quantitative estimate of drug-likeness (QED) is 0.510. The lowest BCUT2D eigenvalue weighted by atomic mass is 9.98. The summed E-state index contributed by atoms with van der Waals surface area (Å²) < 4.78 is 10.3. The maximum absolute atomic E-state index is 10.4. The second-order valence-corrected chi connectivity index (χ2v) is 10.5. The van der Waals surface area contributed by atoms with Crippen molar-refractivity contribution in [3.05, 3.63) is 17.7 Å². The second kappa shape index (κ2) is 6.14. The number of phenolic OH excluding ortho intramolecular Hbond substituents is 2. The van der Waals surface area contributed by atoms with Crippen molar-refractivity contribution in [1.82, 2.24) is 0 Å². The molecule has 0 radical (unpaired) electrons. The highest BCUT2D eigenvalue weighted by Crippen LogP contribution is 2.49. The number of methoxy groups -OCH3 is 2. The molecule has 0 spiro atoms. The highest BCUT2D eigenvalue weighted by molar-refractivity contribution is 6.83. The van der Waals surface area contributed by atoms with Gasteiger partial charge < -0.3 is 19.7 Å². The van der Waals surface area contributed by atoms with E-state index in [1.54, 1.807) is 6.92 Å². The van der Waals surface area contributed by atoms with Crippen molar-refractivity contribution in [2.75, 3.05) is 14.2 Å². The Kier molecular flexibility index (Phi) is 4.97. The Labute approximate surface area is 127 Å². The van der Waals surface area contributed by atoms with E-state index in [0.717, 1.165) is 0 Å². The van der Waals surface area contributed by atoms with Gasteiger partial charge in [-0.25, -0.2) is 0 Å². The van der Waals surface area contributed by atoms with Gasteiger partial charge in [0.05, 0.1) is 19.8 Å². The molecular weight excluding hydrogens is 284 g/mol. The molecule has 2 N–H and O–H groups in total. The Hall–Kier alpha value is -2.06. The van der Waals surface area contributed by atoms with Gasteiger partial charge in [-0.3, -0.25) is 0 Å². The van der Waals surface area contributed by atoms with Gasteiger partial charge in [-0.15, -0.1) is 5.54 Å². The van der Waals surface area contributed by atoms with Crippen LogP contribution < -0.4 is 9.47 Å². The lowest BCUT2D eigenvalue weighted by Crippen LogP contribution is -2.16. The number of rotatable bonds is 3. The Morgan fingerprint density at radius 2 is 1.52 bits per heavy atom. The molecule has 1 aromatic carbocycles. The third-order valence-corrected chi connectivity index (χ3v) is 3.63. The number of aromatic hydroxyl groups is 2. The molecule has 0 fully saturated rings. The average molecular weight is 306 g/mol. The van der Waals surface area contributed by atoms with Crippen LogP contribution in [0.3, 0.4) is 0 Å². The summed E-state index contributed by atoms with van der Waals surface area (Å²) in [5, 5.41) is 20.8. The van der Waals surface area contributed by atoms with Gasteiger partial charge in [-0.2, -0.15) is 0 Å². The maximum atomic E-state index is 10.4. The van der Waals surface area contributed by atoms with Gasteiger partial charge in [0, 0.05) is 5.56 Å². The van der Waals surface area contributed by atoms with E-state index in [2.05, 4.69) is 37.7 Å². The summed E-state index contributed by atoms with van der Waals surface area (Å²) >= 11 is 0. The average Bonchev–Trinajstić information content (AvgIpc) is 2.36. The van der Waals surface area contributed by atoms with E-state index in [0.29, 0.717) is 16.7 Å². The van der Waals surface area contributed by atoms with Crippen LogP contribution in [0.1, 0.15) is 18.1 Å². The van der Waals surface area contributed by atoms with Crippen molar-refractivity contribution in [3.8, 4) is 34.5 Å². The summed E-state index contributed by atoms with van der Waals surface area (Å²) in [6.45, 7) is 11.9. The Balaban J connectivity index is 3.80. The number of hydrogen-bond acceptors (Lipinski definition) is 4. The third kappa shape index (κ3) is 3.53. The first-order valence-electron chi connectivity index (χ1n) is 6.53. The Bertz CT molecular complexity index is 631. The first-order valence-corrected chi connectivity index (χ1v) is 10.0. The standard InChI is InChI=1S/C16H22O4Si/c1-10(2)12-11(8-9-21(5,6)7)13(17)15(19-3)16(20-4)14(12)18/h17-18H,1H2,2-7H3. The summed E-state index contributed by atoms with van der Waals surface area (Å²) in [7, 11) is 1.15. The van der Waals surface area contributed by atoms with Crippen molar-refractivity contribution in [2.24, 2.45) is 0 Å². The molecule has 21 heavy (non-hydrogen) atoms. The molecule has 0 aliphatic carbocycles. The van der Waals surface area contributed by atoms with Crippen LogP contribution in [0.2, 0.25) is 19.6 Å². The molecule has 0 bridgehead atoms. The lowest BCUT2D eigenvalue weighted by Gasteiger charge is -2.17. The minimum atomic E-state index is -1.64. The van der Waals surface area contributed by atoms with E-state index in [-0.39, 0.29) is 23.0 Å². The van der Waals surface area contributed by atoms with E-state index < -0.39 is 8.07 Å². The van der Waals surface area contributed by atoms with Crippen molar-refractivity contribution in [3.63, 3.8) is 0 Å². The summed E-state index contributed by atoms with van der Waals surface area (Å²) in [5.41, 5.74) is 4.46. The van der Waals surface area contributed by atoms with Gasteiger partial charge >= 0.3 is 0 Å². The molecule has 114 valence electrons. The molecule has 0 aromatic heterocycles. The molecule has 0 heterocycles. The highest BCUT2D eigenvalue weighted by Gasteiger charge is 2.25. The predicted octanol–water partition coefficient (Wildman–Crippen LogP) is 3.38. The number of hydrogen-bond donors (Lipinski definition) is 2. The summed E-state index contributed by atoms with van der Waals surface area (Å²) in [4.78, 5) is 0. The number of allylic oxidation sites excluding steroid dienone is 1. The van der Waals surface area contributed by atoms with Crippen molar-refractivity contribution < 1.29 is 19.7 Å². The maximum Gasteiger partial charge on any atom is 0.208 e. The fourth-order valence-corrected chi connectivity index (χ4v) is 2.34. The first kappa shape index (κ1) is 17.0. The second-order valence-electron chi connectivity index (χ2n) is 5.79. The molecule has 5 heteroatoms. The molecule has 0 aliphatic heterocycles. The van der Waals surface area contributed by atoms with Crippen LogP contribution in [-0.2, 0) is 0 Å². The van der Waals surface area contributed by atoms with Gasteiger partial charge in [0.25, 0.3) is 0 Å². The van der Waals surface area contributed by atoms with E-state index in [1.165, 1.54) is 14.2 Å². The topological polar surface area (TPSA) is 58.9 Å². The minimum absolute atomic E-state index is 0.0693. The first-order chi connectivity index (χ1) is 9.64. The Morgan fingerprint density at radius 1 is 1.05 bits per heavy atom. The largest absolute Gasteiger partial charge is 0.504 e. The smallest absolute Gasteiger partial charge is 0.208 e. The van der Waals surface area contributed by atoms with Crippen molar-refractivity contribution >= 4 is 13.6 Å². The molecule has 0 aliphatic rings. The predicted molar refractivity (Wildman–Crippen MR) is 87.8 cm³/mol. The molecule has 0 saturated carbocycles. The van der Waals surface area contributed by atoms with E-state index in [9.17, 15) is 10.2 Å². The van der Waals surface area contributed by atoms with Gasteiger partial charge in [-0.1, -0.05) is 32.1 Å². The molecule has 0 unspecified atom stereocenters. The molecular formula is C16H22O4Si. The van der Waals surface area contributed by atoms with Crippen LogP contribution in [0.4, 0.5) is 0 Å². The molecule has 4 nitrogen and oxygen atoms in total. The SMILES string of the molecule is C=C(C)c1c(O)c(OC)c(OC)c(O)c1C#C[Si](C)(C)C. The lowest BCUT2D eigenvalue weighted by molar-refractivity contribution is 0.316. The van der Waals surface area contributed by atoms with Gasteiger partial charge in [0.1, 0.15) is 8.07 Å². The third-order valence-electron chi connectivity index (χ3n) is 2.76. The highest BCUT2D eigenvalue weighted by atomic mass is 28.3. The zero-order chi connectivity index (χ0) is 16.4. The van der Waals surface area contributed by atoms with Crippen LogP contribution in [-0.4, -0.2) is 32.5 Å². The van der Waals surface area contributed by atoms with Crippen LogP contribution in [0.15, 0.2) is 6.58 Å². The van der Waals surface area contributed by atoms with E-state index in [4.69, 9.17) is 9.47 Å².